The highest BCUT2D eigenvalue weighted by Crippen LogP contribution is 2.55. The lowest BCUT2D eigenvalue weighted by Crippen LogP contribution is -2.76. The van der Waals surface area contributed by atoms with Crippen molar-refractivity contribution in [1.29, 1.82) is 0 Å². The summed E-state index contributed by atoms with van der Waals surface area (Å²) in [6.07, 6.45) is 8.89. The molecule has 3 aliphatic rings. The van der Waals surface area contributed by atoms with Gasteiger partial charge in [0.2, 0.25) is 6.20 Å². The molecular formula is C45H28N4O+2. The van der Waals surface area contributed by atoms with E-state index in [1.165, 1.54) is 76.4 Å². The third-order valence-electron chi connectivity index (χ3n) is 11.7. The summed E-state index contributed by atoms with van der Waals surface area (Å²) in [6, 6.07) is 46.8. The minimum absolute atomic E-state index is 0.644. The van der Waals surface area contributed by atoms with Crippen molar-refractivity contribution < 1.29 is 14.0 Å². The number of benzene rings is 7. The van der Waals surface area contributed by atoms with Crippen molar-refractivity contribution in [1.82, 2.24) is 9.25 Å². The maximum absolute atomic E-state index is 6.81. The average molecular weight is 641 g/mol. The van der Waals surface area contributed by atoms with E-state index in [9.17, 15) is 0 Å². The second-order valence-electron chi connectivity index (χ2n) is 14.2. The van der Waals surface area contributed by atoms with Crippen molar-refractivity contribution in [3.63, 3.8) is 0 Å². The van der Waals surface area contributed by atoms with Crippen molar-refractivity contribution in [3.8, 4) is 23.0 Å². The second kappa shape index (κ2) is 8.57. The maximum atomic E-state index is 6.81. The predicted octanol–water partition coefficient (Wildman–Crippen LogP) is 8.86. The van der Waals surface area contributed by atoms with Crippen molar-refractivity contribution in [3.05, 3.63) is 168 Å². The number of hydrogen-bond acceptors (Lipinski definition) is 1. The number of aryl methyl sites for hydroxylation is 2. The van der Waals surface area contributed by atoms with E-state index in [1.54, 1.807) is 0 Å². The molecule has 1 spiro atoms. The van der Waals surface area contributed by atoms with Gasteiger partial charge in [0.25, 0.3) is 5.82 Å². The minimum Gasteiger partial charge on any atom is -0.456 e. The van der Waals surface area contributed by atoms with Gasteiger partial charge in [0.1, 0.15) is 28.3 Å². The van der Waals surface area contributed by atoms with E-state index < -0.39 is 5.66 Å². The Morgan fingerprint density at radius 2 is 1.34 bits per heavy atom. The molecule has 1 unspecified atom stereocenters. The van der Waals surface area contributed by atoms with E-state index in [4.69, 9.17) is 4.74 Å². The lowest BCUT2D eigenvalue weighted by atomic mass is 9.84. The molecule has 50 heavy (non-hydrogen) atoms. The van der Waals surface area contributed by atoms with E-state index in [-0.39, 0.29) is 0 Å². The van der Waals surface area contributed by atoms with Gasteiger partial charge in [-0.1, -0.05) is 83.5 Å². The summed E-state index contributed by atoms with van der Waals surface area (Å²) in [4.78, 5) is 0. The molecule has 10 aromatic rings. The van der Waals surface area contributed by atoms with E-state index in [1.807, 2.05) is 0 Å². The Morgan fingerprint density at radius 3 is 2.22 bits per heavy atom. The molecule has 6 heterocycles. The van der Waals surface area contributed by atoms with Crippen LogP contribution in [0.1, 0.15) is 22.3 Å². The molecule has 0 bridgehead atoms. The molecule has 5 heteroatoms. The van der Waals surface area contributed by atoms with Gasteiger partial charge in [0.05, 0.1) is 12.4 Å². The Morgan fingerprint density at radius 1 is 0.600 bits per heavy atom. The number of ether oxygens (including phenoxy) is 1. The summed E-state index contributed by atoms with van der Waals surface area (Å²) in [6.45, 7) is 0. The van der Waals surface area contributed by atoms with Crippen LogP contribution in [0.2, 0.25) is 0 Å². The number of pyridine rings is 1. The van der Waals surface area contributed by atoms with Crippen molar-refractivity contribution in [2.45, 2.75) is 18.5 Å². The Kier molecular flexibility index (Phi) is 4.38. The molecule has 0 saturated heterocycles. The zero-order valence-electron chi connectivity index (χ0n) is 27.0. The van der Waals surface area contributed by atoms with Crippen LogP contribution < -0.4 is 14.0 Å². The number of hydrogen-bond donors (Lipinski definition) is 0. The van der Waals surface area contributed by atoms with Crippen LogP contribution in [0, 0.1) is 0 Å². The molecule has 0 saturated carbocycles. The largest absolute Gasteiger partial charge is 0.456 e. The zero-order valence-corrected chi connectivity index (χ0v) is 27.0. The Hall–Kier alpha value is -6.46. The Bertz CT molecular complexity index is 3080. The molecular weight excluding hydrogens is 613 g/mol. The standard InChI is InChI=1S/C45H28N4O/c1-2-10-35-33(9-1)34-20-21-38-43-44(34)49(35)39-13-3-4-22-46(39)45(43)42-36(11-6-12-37(42)50-38)47-25-28(26-48(45)47)15-14-27-23-31-18-16-29-7-5-8-30-17-19-32(24-27)41(31)40(29)30/h1-13,16-26H,14-15H2/q+2. The van der Waals surface area contributed by atoms with Gasteiger partial charge in [-0.15, -0.1) is 4.68 Å². The molecule has 1 atom stereocenters. The monoisotopic (exact) mass is 640 g/mol. The molecule has 232 valence electrons. The first kappa shape index (κ1) is 25.5. The van der Waals surface area contributed by atoms with E-state index in [2.05, 4.69) is 164 Å². The third-order valence-corrected chi connectivity index (χ3v) is 11.7. The quantitative estimate of drug-likeness (QED) is 0.140. The minimum atomic E-state index is -0.644. The van der Waals surface area contributed by atoms with Crippen LogP contribution in [0.3, 0.4) is 0 Å². The SMILES string of the molecule is c1cc2c3c(c1)-n1cc(CCc4cc5ccc6cccc7ccc(c4)c5c67)c[n+]1C31c3c(ccc4c5ccccc5n(c34)-c3cccc[n+]31)O2. The van der Waals surface area contributed by atoms with Crippen LogP contribution in [0.25, 0.3) is 65.6 Å². The third kappa shape index (κ3) is 2.82. The van der Waals surface area contributed by atoms with Gasteiger partial charge in [0, 0.05) is 22.4 Å². The summed E-state index contributed by atoms with van der Waals surface area (Å²) >= 11 is 0. The number of para-hydroxylation sites is 1. The van der Waals surface area contributed by atoms with Crippen LogP contribution in [-0.4, -0.2) is 9.25 Å². The van der Waals surface area contributed by atoms with Gasteiger partial charge in [0.15, 0.2) is 11.1 Å². The van der Waals surface area contributed by atoms with Crippen molar-refractivity contribution in [2.24, 2.45) is 0 Å². The maximum Gasteiger partial charge on any atom is 0.397 e. The van der Waals surface area contributed by atoms with E-state index in [0.717, 1.165) is 35.8 Å². The van der Waals surface area contributed by atoms with Crippen molar-refractivity contribution >= 4 is 54.1 Å². The number of aromatic nitrogens is 4. The van der Waals surface area contributed by atoms with Crippen LogP contribution >= 0.6 is 0 Å². The van der Waals surface area contributed by atoms with Crippen LogP contribution in [0.15, 0.2) is 146 Å². The predicted molar refractivity (Wildman–Crippen MR) is 196 cm³/mol. The van der Waals surface area contributed by atoms with Gasteiger partial charge < -0.3 is 4.74 Å². The molecule has 0 fully saturated rings. The van der Waals surface area contributed by atoms with Crippen LogP contribution in [0.5, 0.6) is 11.5 Å². The fraction of sp³-hybridized carbons (Fsp3) is 0.0667. The molecule has 7 aromatic carbocycles. The Labute approximate surface area is 286 Å². The first-order valence-corrected chi connectivity index (χ1v) is 17.5. The molecule has 3 aromatic heterocycles. The highest BCUT2D eigenvalue weighted by atomic mass is 16.5. The highest BCUT2D eigenvalue weighted by molar-refractivity contribution is 6.23. The van der Waals surface area contributed by atoms with Crippen molar-refractivity contribution in [2.75, 3.05) is 0 Å². The summed E-state index contributed by atoms with van der Waals surface area (Å²) in [5.74, 6) is 2.96. The molecule has 0 radical (unpaired) electrons. The normalized spacial score (nSPS) is 16.4. The second-order valence-corrected chi connectivity index (χ2v) is 14.2. The average Bonchev–Trinajstić information content (AvgIpc) is 3.82. The molecule has 0 amide bonds. The molecule has 0 N–H and O–H groups in total. The smallest absolute Gasteiger partial charge is 0.397 e. The number of fused-ring (bicyclic) bond motifs is 7. The van der Waals surface area contributed by atoms with Gasteiger partial charge >= 0.3 is 5.66 Å². The highest BCUT2D eigenvalue weighted by Gasteiger charge is 2.68. The van der Waals surface area contributed by atoms with E-state index in [0.29, 0.717) is 0 Å². The molecule has 3 aliphatic heterocycles. The molecule has 13 rings (SSSR count). The van der Waals surface area contributed by atoms with Gasteiger partial charge in [-0.25, -0.2) is 0 Å². The Balaban J connectivity index is 1.02. The number of rotatable bonds is 3. The number of nitrogens with zero attached hydrogens (tertiary/aromatic N) is 4. The summed E-state index contributed by atoms with van der Waals surface area (Å²) in [5, 5.41) is 10.5. The van der Waals surface area contributed by atoms with Crippen LogP contribution in [-0.2, 0) is 18.5 Å². The first-order valence-electron chi connectivity index (χ1n) is 17.5. The fourth-order valence-corrected chi connectivity index (χ4v) is 9.85. The van der Waals surface area contributed by atoms with Gasteiger partial charge in [-0.05, 0) is 93.2 Å². The topological polar surface area (TPSA) is 26.8 Å². The van der Waals surface area contributed by atoms with Gasteiger partial charge in [-0.3, -0.25) is 0 Å². The summed E-state index contributed by atoms with van der Waals surface area (Å²) < 4.78 is 16.6. The lowest BCUT2D eigenvalue weighted by Gasteiger charge is -2.32. The van der Waals surface area contributed by atoms with Crippen LogP contribution in [0.4, 0.5) is 0 Å². The molecule has 5 nitrogen and oxygen atoms in total. The fourth-order valence-electron chi connectivity index (χ4n) is 9.85. The van der Waals surface area contributed by atoms with Gasteiger partial charge in [-0.2, -0.15) is 9.13 Å². The first-order chi connectivity index (χ1) is 24.8. The zero-order chi connectivity index (χ0) is 32.3. The summed E-state index contributed by atoms with van der Waals surface area (Å²) in [5.41, 5.74) is 7.99. The van der Waals surface area contributed by atoms with E-state index >= 15 is 0 Å². The molecule has 0 aliphatic carbocycles. The summed E-state index contributed by atoms with van der Waals surface area (Å²) in [7, 11) is 0. The lowest BCUT2D eigenvalue weighted by molar-refractivity contribution is -0.993.